The van der Waals surface area contributed by atoms with E-state index in [2.05, 4.69) is 25.6 Å². The molecule has 1 aromatic carbocycles. The smallest absolute Gasteiger partial charge is 0.258 e. The number of nitrogens with one attached hydrogen (secondary N) is 2. The summed E-state index contributed by atoms with van der Waals surface area (Å²) in [5, 5.41) is 5.96. The predicted octanol–water partition coefficient (Wildman–Crippen LogP) is 3.04. The van der Waals surface area contributed by atoms with Crippen LogP contribution in [0.15, 0.2) is 61.2 Å². The van der Waals surface area contributed by atoms with Gasteiger partial charge in [0.15, 0.2) is 0 Å². The van der Waals surface area contributed by atoms with Gasteiger partial charge >= 0.3 is 0 Å². The molecule has 120 valence electrons. The number of hydrogen-bond donors (Lipinski definition) is 2. The fourth-order valence-electron chi connectivity index (χ4n) is 2.13. The second-order valence-corrected chi connectivity index (χ2v) is 5.27. The fraction of sp³-hybridized carbons (Fsp3) is 0.111. The van der Waals surface area contributed by atoms with Crippen molar-refractivity contribution in [1.29, 1.82) is 0 Å². The van der Waals surface area contributed by atoms with Crippen molar-refractivity contribution in [2.75, 3.05) is 10.6 Å². The first kappa shape index (κ1) is 15.6. The predicted molar refractivity (Wildman–Crippen MR) is 92.7 cm³/mol. The lowest BCUT2D eigenvalue weighted by atomic mass is 10.2. The Morgan fingerprint density at radius 1 is 1.04 bits per heavy atom. The average molecular weight is 319 g/mol. The van der Waals surface area contributed by atoms with Crippen LogP contribution in [-0.2, 0) is 6.54 Å². The van der Waals surface area contributed by atoms with E-state index in [0.29, 0.717) is 18.1 Å². The summed E-state index contributed by atoms with van der Waals surface area (Å²) in [7, 11) is 0. The quantitative estimate of drug-likeness (QED) is 0.755. The molecular weight excluding hydrogens is 302 g/mol. The second kappa shape index (κ2) is 7.32. The van der Waals surface area contributed by atoms with Crippen LogP contribution in [-0.4, -0.2) is 20.9 Å². The summed E-state index contributed by atoms with van der Waals surface area (Å²) in [4.78, 5) is 24.6. The van der Waals surface area contributed by atoms with Gasteiger partial charge in [0, 0.05) is 37.0 Å². The number of pyridine rings is 1. The molecule has 0 fully saturated rings. The Hall–Kier alpha value is -3.28. The van der Waals surface area contributed by atoms with E-state index in [1.165, 1.54) is 12.4 Å². The summed E-state index contributed by atoms with van der Waals surface area (Å²) in [6.07, 6.45) is 6.48. The molecule has 0 unspecified atom stereocenters. The van der Waals surface area contributed by atoms with Gasteiger partial charge in [0.2, 0.25) is 5.95 Å². The Labute approximate surface area is 140 Å². The third kappa shape index (κ3) is 3.92. The fourth-order valence-corrected chi connectivity index (χ4v) is 2.13. The van der Waals surface area contributed by atoms with Crippen molar-refractivity contribution in [1.82, 2.24) is 15.0 Å². The van der Waals surface area contributed by atoms with E-state index in [1.54, 1.807) is 12.4 Å². The normalized spacial score (nSPS) is 10.2. The van der Waals surface area contributed by atoms with E-state index in [9.17, 15) is 4.79 Å². The van der Waals surface area contributed by atoms with Crippen LogP contribution in [0.4, 0.5) is 11.6 Å². The maximum atomic E-state index is 12.2. The number of aryl methyl sites for hydroxylation is 1. The number of para-hydroxylation sites is 1. The summed E-state index contributed by atoms with van der Waals surface area (Å²) in [6, 6.07) is 11.4. The van der Waals surface area contributed by atoms with Gasteiger partial charge in [-0.15, -0.1) is 0 Å². The number of amides is 1. The van der Waals surface area contributed by atoms with Gasteiger partial charge in [0.25, 0.3) is 5.91 Å². The number of aromatic nitrogens is 3. The number of nitrogens with zero attached hydrogens (tertiary/aromatic N) is 3. The summed E-state index contributed by atoms with van der Waals surface area (Å²) >= 11 is 0. The minimum absolute atomic E-state index is 0.231. The number of rotatable bonds is 5. The van der Waals surface area contributed by atoms with Crippen LogP contribution in [0.1, 0.15) is 21.5 Å². The van der Waals surface area contributed by atoms with Gasteiger partial charge in [-0.1, -0.05) is 18.2 Å². The topological polar surface area (TPSA) is 79.8 Å². The van der Waals surface area contributed by atoms with Gasteiger partial charge in [-0.05, 0) is 36.2 Å². The maximum absolute atomic E-state index is 12.2. The van der Waals surface area contributed by atoms with Gasteiger partial charge < -0.3 is 10.6 Å². The number of hydrogen-bond acceptors (Lipinski definition) is 5. The van der Waals surface area contributed by atoms with Crippen LogP contribution >= 0.6 is 0 Å². The van der Waals surface area contributed by atoms with Crippen LogP contribution in [0.5, 0.6) is 0 Å². The second-order valence-electron chi connectivity index (χ2n) is 5.27. The zero-order chi connectivity index (χ0) is 16.8. The first-order chi connectivity index (χ1) is 11.7. The highest BCUT2D eigenvalue weighted by Crippen LogP contribution is 2.14. The summed E-state index contributed by atoms with van der Waals surface area (Å²) in [6.45, 7) is 2.54. The minimum atomic E-state index is -0.231. The Morgan fingerprint density at radius 2 is 1.75 bits per heavy atom. The molecule has 0 aliphatic heterocycles. The maximum Gasteiger partial charge on any atom is 0.258 e. The minimum Gasteiger partial charge on any atom is -0.350 e. The molecule has 0 aliphatic carbocycles. The van der Waals surface area contributed by atoms with E-state index in [4.69, 9.17) is 0 Å². The molecule has 0 atom stereocenters. The molecule has 0 radical (unpaired) electrons. The van der Waals surface area contributed by atoms with Crippen LogP contribution in [0.2, 0.25) is 0 Å². The molecule has 0 bridgehead atoms. The van der Waals surface area contributed by atoms with Crippen molar-refractivity contribution in [3.8, 4) is 0 Å². The number of carbonyl (C=O) groups is 1. The molecule has 3 aromatic rings. The average Bonchev–Trinajstić information content (AvgIpc) is 2.63. The van der Waals surface area contributed by atoms with Crippen LogP contribution in [0.3, 0.4) is 0 Å². The first-order valence-electron chi connectivity index (χ1n) is 7.54. The summed E-state index contributed by atoms with van der Waals surface area (Å²) < 4.78 is 0. The SMILES string of the molecule is Cc1ccccc1NC(=O)c1cnc(NCc2ccncc2)nc1. The Morgan fingerprint density at radius 3 is 2.46 bits per heavy atom. The molecule has 1 amide bonds. The van der Waals surface area contributed by atoms with Gasteiger partial charge in [-0.2, -0.15) is 0 Å². The number of anilines is 2. The van der Waals surface area contributed by atoms with E-state index >= 15 is 0 Å². The van der Waals surface area contributed by atoms with E-state index in [-0.39, 0.29) is 5.91 Å². The van der Waals surface area contributed by atoms with E-state index < -0.39 is 0 Å². The van der Waals surface area contributed by atoms with Crippen molar-refractivity contribution in [3.05, 3.63) is 77.9 Å². The molecule has 0 spiro atoms. The first-order valence-corrected chi connectivity index (χ1v) is 7.54. The van der Waals surface area contributed by atoms with Crippen molar-refractivity contribution < 1.29 is 4.79 Å². The van der Waals surface area contributed by atoms with Crippen molar-refractivity contribution in [3.63, 3.8) is 0 Å². The Balaban J connectivity index is 1.61. The van der Waals surface area contributed by atoms with Crippen LogP contribution in [0.25, 0.3) is 0 Å². The van der Waals surface area contributed by atoms with Crippen molar-refractivity contribution in [2.45, 2.75) is 13.5 Å². The van der Waals surface area contributed by atoms with Gasteiger partial charge in [-0.25, -0.2) is 9.97 Å². The van der Waals surface area contributed by atoms with E-state index in [0.717, 1.165) is 16.8 Å². The van der Waals surface area contributed by atoms with Crippen LogP contribution < -0.4 is 10.6 Å². The molecule has 2 aromatic heterocycles. The lowest BCUT2D eigenvalue weighted by molar-refractivity contribution is 0.102. The van der Waals surface area contributed by atoms with Gasteiger partial charge in [-0.3, -0.25) is 9.78 Å². The largest absolute Gasteiger partial charge is 0.350 e. The zero-order valence-corrected chi connectivity index (χ0v) is 13.2. The number of carbonyl (C=O) groups excluding carboxylic acids is 1. The molecule has 0 aliphatic rings. The van der Waals surface area contributed by atoms with E-state index in [1.807, 2.05) is 43.3 Å². The third-order valence-corrected chi connectivity index (χ3v) is 3.51. The zero-order valence-electron chi connectivity index (χ0n) is 13.2. The molecule has 0 saturated carbocycles. The molecule has 2 heterocycles. The Kier molecular flexibility index (Phi) is 4.76. The third-order valence-electron chi connectivity index (χ3n) is 3.51. The standard InChI is InChI=1S/C18H17N5O/c1-13-4-2-3-5-16(13)23-17(24)15-11-21-18(22-12-15)20-10-14-6-8-19-9-7-14/h2-9,11-12H,10H2,1H3,(H,23,24)(H,20,21,22). The number of benzene rings is 1. The monoisotopic (exact) mass is 319 g/mol. The molecule has 3 rings (SSSR count). The van der Waals surface area contributed by atoms with Gasteiger partial charge in [0.1, 0.15) is 0 Å². The van der Waals surface area contributed by atoms with Crippen molar-refractivity contribution >= 4 is 17.5 Å². The highest BCUT2D eigenvalue weighted by molar-refractivity contribution is 6.04. The Bertz CT molecular complexity index is 818. The highest BCUT2D eigenvalue weighted by atomic mass is 16.1. The molecule has 24 heavy (non-hydrogen) atoms. The molecule has 0 saturated heterocycles. The lowest BCUT2D eigenvalue weighted by Crippen LogP contribution is -2.14. The summed E-state index contributed by atoms with van der Waals surface area (Å²) in [5.74, 6) is 0.240. The summed E-state index contributed by atoms with van der Waals surface area (Å²) in [5.41, 5.74) is 3.27. The lowest BCUT2D eigenvalue weighted by Gasteiger charge is -2.08. The van der Waals surface area contributed by atoms with Crippen molar-refractivity contribution in [2.24, 2.45) is 0 Å². The molecule has 2 N–H and O–H groups in total. The highest BCUT2D eigenvalue weighted by Gasteiger charge is 2.08. The van der Waals surface area contributed by atoms with Crippen LogP contribution in [0, 0.1) is 6.92 Å². The molecule has 6 heteroatoms. The molecular formula is C18H17N5O. The van der Waals surface area contributed by atoms with Gasteiger partial charge in [0.05, 0.1) is 5.56 Å². The molecule has 6 nitrogen and oxygen atoms in total.